The Morgan fingerprint density at radius 1 is 1.30 bits per heavy atom. The molecule has 4 aromatic rings. The Balaban J connectivity index is 1.66. The average Bonchev–Trinajstić information content (AvgIpc) is 3.22. The van der Waals surface area contributed by atoms with E-state index in [4.69, 9.17) is 0 Å². The Kier molecular flexibility index (Phi) is 4.32. The fourth-order valence-corrected chi connectivity index (χ4v) is 3.70. The van der Waals surface area contributed by atoms with Crippen LogP contribution in [-0.4, -0.2) is 34.9 Å². The molecule has 10 heteroatoms. The number of aromatic nitrogens is 6. The monoisotopic (exact) mass is 381 g/mol. The van der Waals surface area contributed by atoms with Gasteiger partial charge in [-0.1, -0.05) is 30.0 Å². The topological polar surface area (TPSA) is 115 Å². The van der Waals surface area contributed by atoms with Crippen molar-refractivity contribution in [1.29, 1.82) is 0 Å². The molecule has 1 aromatic carbocycles. The van der Waals surface area contributed by atoms with Crippen LogP contribution in [0.1, 0.15) is 17.0 Å². The zero-order valence-corrected chi connectivity index (χ0v) is 15.4. The van der Waals surface area contributed by atoms with Gasteiger partial charge in [-0.05, 0) is 19.9 Å². The van der Waals surface area contributed by atoms with Crippen molar-refractivity contribution >= 4 is 28.5 Å². The summed E-state index contributed by atoms with van der Waals surface area (Å²) in [4.78, 5) is 18.6. The summed E-state index contributed by atoms with van der Waals surface area (Å²) in [7, 11) is 0. The van der Waals surface area contributed by atoms with E-state index in [0.717, 1.165) is 16.9 Å². The van der Waals surface area contributed by atoms with Gasteiger partial charge in [0.25, 0.3) is 5.69 Å². The third kappa shape index (κ3) is 3.26. The number of para-hydroxylation sites is 1. The molecule has 0 atom stereocenters. The van der Waals surface area contributed by atoms with Crippen molar-refractivity contribution in [3.63, 3.8) is 0 Å². The van der Waals surface area contributed by atoms with Crippen molar-refractivity contribution in [3.05, 3.63) is 63.6 Å². The first-order valence-electron chi connectivity index (χ1n) is 8.13. The fraction of sp³-hybridized carbons (Fsp3) is 0.176. The van der Waals surface area contributed by atoms with Gasteiger partial charge in [0.15, 0.2) is 5.16 Å². The number of thioether (sulfide) groups is 1. The van der Waals surface area contributed by atoms with E-state index in [-0.39, 0.29) is 10.6 Å². The first kappa shape index (κ1) is 17.2. The number of fused-ring (bicyclic) bond motifs is 1. The van der Waals surface area contributed by atoms with Crippen LogP contribution in [0.3, 0.4) is 0 Å². The van der Waals surface area contributed by atoms with Gasteiger partial charge < -0.3 is 4.98 Å². The van der Waals surface area contributed by atoms with Crippen LogP contribution >= 0.6 is 11.8 Å². The van der Waals surface area contributed by atoms with E-state index in [1.54, 1.807) is 29.1 Å². The lowest BCUT2D eigenvalue weighted by atomic mass is 10.2. The molecule has 0 radical (unpaired) electrons. The number of aryl methyl sites for hydroxylation is 2. The number of nitrogens with zero attached hydrogens (tertiary/aromatic N) is 6. The summed E-state index contributed by atoms with van der Waals surface area (Å²) < 4.78 is 1.71. The van der Waals surface area contributed by atoms with Crippen LogP contribution in [0.4, 0.5) is 5.69 Å². The molecule has 0 aliphatic heterocycles. The van der Waals surface area contributed by atoms with Crippen LogP contribution in [0.25, 0.3) is 16.9 Å². The number of H-pyrrole nitrogens is 1. The molecule has 136 valence electrons. The molecule has 3 aromatic heterocycles. The number of aromatic amines is 1. The minimum atomic E-state index is -0.372. The van der Waals surface area contributed by atoms with E-state index in [1.165, 1.54) is 17.8 Å². The zero-order valence-electron chi connectivity index (χ0n) is 14.6. The highest BCUT2D eigenvalue weighted by atomic mass is 32.2. The third-order valence-corrected chi connectivity index (χ3v) is 4.95. The lowest BCUT2D eigenvalue weighted by Crippen LogP contribution is -2.04. The summed E-state index contributed by atoms with van der Waals surface area (Å²) in [6.07, 6.45) is 1.60. The minimum Gasteiger partial charge on any atom is -0.331 e. The fourth-order valence-electron chi connectivity index (χ4n) is 2.83. The molecule has 0 fully saturated rings. The van der Waals surface area contributed by atoms with Crippen molar-refractivity contribution in [1.82, 2.24) is 29.9 Å². The molecule has 0 amide bonds. The Bertz CT molecular complexity index is 1150. The molecule has 0 bridgehead atoms. The highest BCUT2D eigenvalue weighted by Gasteiger charge is 2.16. The maximum absolute atomic E-state index is 11.2. The molecular weight excluding hydrogens is 366 g/mol. The van der Waals surface area contributed by atoms with Crippen molar-refractivity contribution in [3.8, 4) is 5.82 Å². The maximum Gasteiger partial charge on any atom is 0.273 e. The molecule has 1 N–H and O–H groups in total. The first-order chi connectivity index (χ1) is 13.0. The van der Waals surface area contributed by atoms with Gasteiger partial charge in [0.2, 0.25) is 5.82 Å². The van der Waals surface area contributed by atoms with Crippen LogP contribution < -0.4 is 0 Å². The summed E-state index contributed by atoms with van der Waals surface area (Å²) in [6, 6.07) is 8.65. The van der Waals surface area contributed by atoms with Crippen LogP contribution in [0, 0.1) is 24.0 Å². The predicted molar refractivity (Wildman–Crippen MR) is 101 cm³/mol. The average molecular weight is 381 g/mol. The number of rotatable bonds is 5. The molecule has 0 saturated heterocycles. The normalized spacial score (nSPS) is 11.2. The Labute approximate surface area is 158 Å². The summed E-state index contributed by atoms with van der Waals surface area (Å²) in [5.74, 6) is 0.972. The quantitative estimate of drug-likeness (QED) is 0.320. The summed E-state index contributed by atoms with van der Waals surface area (Å²) in [6.45, 7) is 3.85. The summed E-state index contributed by atoms with van der Waals surface area (Å²) >= 11 is 1.39. The Hall–Kier alpha value is -3.27. The highest BCUT2D eigenvalue weighted by Crippen LogP contribution is 2.28. The molecule has 0 spiro atoms. The molecule has 3 heterocycles. The standard InChI is InChI=1S/C17H15N7O2S/c1-10-7-11(2)23(22-10)16-15-13(8-18-21-16)19-17(20-15)27-9-12-5-3-4-6-14(12)24(25)26/h3-8H,9H2,1-2H3,(H,19,20). The van der Waals surface area contributed by atoms with E-state index in [9.17, 15) is 10.1 Å². The van der Waals surface area contributed by atoms with Gasteiger partial charge >= 0.3 is 0 Å². The maximum atomic E-state index is 11.2. The van der Waals surface area contributed by atoms with Gasteiger partial charge in [-0.2, -0.15) is 10.2 Å². The Morgan fingerprint density at radius 3 is 2.85 bits per heavy atom. The number of benzene rings is 1. The van der Waals surface area contributed by atoms with Gasteiger partial charge in [-0.3, -0.25) is 10.1 Å². The number of hydrogen-bond donors (Lipinski definition) is 1. The second-order valence-electron chi connectivity index (χ2n) is 5.99. The van der Waals surface area contributed by atoms with Crippen LogP contribution in [0.5, 0.6) is 0 Å². The largest absolute Gasteiger partial charge is 0.331 e. The van der Waals surface area contributed by atoms with Gasteiger partial charge in [0.05, 0.1) is 22.3 Å². The molecule has 4 rings (SSSR count). The second-order valence-corrected chi connectivity index (χ2v) is 6.95. The summed E-state index contributed by atoms with van der Waals surface area (Å²) in [5, 5.41) is 24.5. The van der Waals surface area contributed by atoms with Gasteiger partial charge in [-0.25, -0.2) is 9.67 Å². The molecular formula is C17H15N7O2S. The molecule has 0 unspecified atom stereocenters. The van der Waals surface area contributed by atoms with Gasteiger partial charge in [0.1, 0.15) is 5.52 Å². The summed E-state index contributed by atoms with van der Waals surface area (Å²) in [5.41, 5.74) is 3.95. The van der Waals surface area contributed by atoms with Gasteiger partial charge in [-0.15, -0.1) is 5.10 Å². The van der Waals surface area contributed by atoms with Crippen molar-refractivity contribution in [2.75, 3.05) is 0 Å². The number of imidazole rings is 1. The lowest BCUT2D eigenvalue weighted by molar-refractivity contribution is -0.385. The number of nitro groups is 1. The first-order valence-corrected chi connectivity index (χ1v) is 9.11. The molecule has 9 nitrogen and oxygen atoms in total. The smallest absolute Gasteiger partial charge is 0.273 e. The minimum absolute atomic E-state index is 0.104. The zero-order chi connectivity index (χ0) is 19.0. The molecule has 27 heavy (non-hydrogen) atoms. The molecule has 0 aliphatic carbocycles. The Morgan fingerprint density at radius 2 is 2.11 bits per heavy atom. The lowest BCUT2D eigenvalue weighted by Gasteiger charge is -2.02. The van der Waals surface area contributed by atoms with Crippen LogP contribution in [-0.2, 0) is 5.75 Å². The van der Waals surface area contributed by atoms with Crippen LogP contribution in [0.15, 0.2) is 41.7 Å². The second kappa shape index (κ2) is 6.80. The highest BCUT2D eigenvalue weighted by molar-refractivity contribution is 7.98. The third-order valence-electron chi connectivity index (χ3n) is 4.02. The van der Waals surface area contributed by atoms with E-state index in [0.29, 0.717) is 27.8 Å². The number of nitrogens with one attached hydrogen (secondary N) is 1. The number of nitro benzene ring substituents is 1. The van der Waals surface area contributed by atoms with E-state index >= 15 is 0 Å². The van der Waals surface area contributed by atoms with Crippen molar-refractivity contribution < 1.29 is 4.92 Å². The SMILES string of the molecule is Cc1cc(C)n(-c2nncc3[nH]c(SCc4ccccc4[N+](=O)[O-])nc23)n1. The van der Waals surface area contributed by atoms with Gasteiger partial charge in [0, 0.05) is 23.1 Å². The van der Waals surface area contributed by atoms with Crippen LogP contribution in [0.2, 0.25) is 0 Å². The van der Waals surface area contributed by atoms with E-state index in [2.05, 4.69) is 25.3 Å². The van der Waals surface area contributed by atoms with E-state index in [1.807, 2.05) is 19.9 Å². The molecule has 0 aliphatic rings. The van der Waals surface area contributed by atoms with Crippen molar-refractivity contribution in [2.24, 2.45) is 0 Å². The number of hydrogen-bond acceptors (Lipinski definition) is 7. The van der Waals surface area contributed by atoms with E-state index < -0.39 is 0 Å². The molecule has 0 saturated carbocycles. The van der Waals surface area contributed by atoms with Crippen molar-refractivity contribution in [2.45, 2.75) is 24.8 Å². The predicted octanol–water partition coefficient (Wildman–Crippen LogP) is 3.36.